The first-order valence-electron chi connectivity index (χ1n) is 6.34. The van der Waals surface area contributed by atoms with Gasteiger partial charge in [-0.15, -0.1) is 0 Å². The lowest BCUT2D eigenvalue weighted by atomic mass is 9.85. The summed E-state index contributed by atoms with van der Waals surface area (Å²) in [4.78, 5) is 15.4. The standard InChI is InChI=1S/C13H20N4O/c1-8-6-10(14)7-16-13(8)17-11-4-2-9(3-5-11)12(15)18/h6-7,9,11H,2-5,14H2,1H3,(H2,15,18)(H,16,17). The van der Waals surface area contributed by atoms with Crippen LogP contribution in [0.2, 0.25) is 0 Å². The fourth-order valence-corrected chi connectivity index (χ4v) is 2.46. The van der Waals surface area contributed by atoms with E-state index in [1.807, 2.05) is 13.0 Å². The molecule has 0 aliphatic heterocycles. The Labute approximate surface area is 107 Å². The number of aromatic nitrogens is 1. The number of hydrogen-bond donors (Lipinski definition) is 3. The Morgan fingerprint density at radius 3 is 2.61 bits per heavy atom. The van der Waals surface area contributed by atoms with E-state index in [-0.39, 0.29) is 11.8 Å². The van der Waals surface area contributed by atoms with Gasteiger partial charge in [0.05, 0.1) is 11.9 Å². The zero-order chi connectivity index (χ0) is 13.1. The summed E-state index contributed by atoms with van der Waals surface area (Å²) in [5, 5.41) is 3.42. The second-order valence-corrected chi connectivity index (χ2v) is 5.03. The van der Waals surface area contributed by atoms with Gasteiger partial charge in [-0.05, 0) is 44.2 Å². The van der Waals surface area contributed by atoms with Gasteiger partial charge in [0, 0.05) is 12.0 Å². The fraction of sp³-hybridized carbons (Fsp3) is 0.538. The summed E-state index contributed by atoms with van der Waals surface area (Å²) < 4.78 is 0. The molecule has 1 aliphatic rings. The maximum absolute atomic E-state index is 11.1. The number of rotatable bonds is 3. The Hall–Kier alpha value is -1.78. The van der Waals surface area contributed by atoms with Crippen molar-refractivity contribution >= 4 is 17.4 Å². The molecule has 0 bridgehead atoms. The van der Waals surface area contributed by atoms with E-state index in [0.29, 0.717) is 11.7 Å². The van der Waals surface area contributed by atoms with E-state index in [2.05, 4.69) is 10.3 Å². The summed E-state index contributed by atoms with van der Waals surface area (Å²) in [6, 6.07) is 2.28. The first-order valence-corrected chi connectivity index (χ1v) is 6.34. The first kappa shape index (κ1) is 12.7. The van der Waals surface area contributed by atoms with E-state index in [4.69, 9.17) is 11.5 Å². The Balaban J connectivity index is 1.93. The summed E-state index contributed by atoms with van der Waals surface area (Å²) >= 11 is 0. The van der Waals surface area contributed by atoms with Crippen LogP contribution in [0.5, 0.6) is 0 Å². The zero-order valence-corrected chi connectivity index (χ0v) is 10.6. The molecule has 5 nitrogen and oxygen atoms in total. The number of carbonyl (C=O) groups excluding carboxylic acids is 1. The lowest BCUT2D eigenvalue weighted by Gasteiger charge is -2.28. The molecule has 18 heavy (non-hydrogen) atoms. The Morgan fingerprint density at radius 1 is 1.39 bits per heavy atom. The molecule has 0 aromatic carbocycles. The second-order valence-electron chi connectivity index (χ2n) is 5.03. The average Bonchev–Trinajstić information content (AvgIpc) is 2.33. The molecule has 1 aromatic heterocycles. The molecular formula is C13H20N4O. The van der Waals surface area contributed by atoms with E-state index in [0.717, 1.165) is 37.1 Å². The van der Waals surface area contributed by atoms with Gasteiger partial charge in [-0.1, -0.05) is 0 Å². The normalized spacial score (nSPS) is 23.6. The smallest absolute Gasteiger partial charge is 0.220 e. The van der Waals surface area contributed by atoms with Crippen LogP contribution in [0.4, 0.5) is 11.5 Å². The molecule has 1 saturated carbocycles. The number of primary amides is 1. The number of carbonyl (C=O) groups is 1. The predicted octanol–water partition coefficient (Wildman–Crippen LogP) is 1.43. The molecule has 0 saturated heterocycles. The molecule has 5 N–H and O–H groups in total. The molecule has 0 unspecified atom stereocenters. The highest BCUT2D eigenvalue weighted by atomic mass is 16.1. The molecule has 0 atom stereocenters. The van der Waals surface area contributed by atoms with Crippen LogP contribution >= 0.6 is 0 Å². The van der Waals surface area contributed by atoms with Crippen LogP contribution in [-0.4, -0.2) is 16.9 Å². The van der Waals surface area contributed by atoms with Gasteiger partial charge in [0.25, 0.3) is 0 Å². The van der Waals surface area contributed by atoms with E-state index in [1.54, 1.807) is 6.20 Å². The molecule has 1 amide bonds. The van der Waals surface area contributed by atoms with Crippen LogP contribution in [0.25, 0.3) is 0 Å². The minimum absolute atomic E-state index is 0.0449. The van der Waals surface area contributed by atoms with Crippen molar-refractivity contribution in [1.82, 2.24) is 4.98 Å². The number of nitrogens with one attached hydrogen (secondary N) is 1. The van der Waals surface area contributed by atoms with Crippen molar-refractivity contribution in [2.24, 2.45) is 11.7 Å². The Bertz CT molecular complexity index is 439. The third kappa shape index (κ3) is 2.91. The molecule has 98 valence electrons. The SMILES string of the molecule is Cc1cc(N)cnc1NC1CCC(C(N)=O)CC1. The largest absolute Gasteiger partial charge is 0.397 e. The molecule has 0 spiro atoms. The van der Waals surface area contributed by atoms with E-state index in [9.17, 15) is 4.79 Å². The molecular weight excluding hydrogens is 228 g/mol. The van der Waals surface area contributed by atoms with Crippen LogP contribution in [-0.2, 0) is 4.79 Å². The number of aryl methyl sites for hydroxylation is 1. The summed E-state index contributed by atoms with van der Waals surface area (Å²) in [5.74, 6) is 0.755. The van der Waals surface area contributed by atoms with Crippen LogP contribution in [0.1, 0.15) is 31.2 Å². The third-order valence-corrected chi connectivity index (χ3v) is 3.57. The van der Waals surface area contributed by atoms with Crippen LogP contribution in [0.15, 0.2) is 12.3 Å². The topological polar surface area (TPSA) is 94.0 Å². The van der Waals surface area contributed by atoms with Gasteiger partial charge in [-0.2, -0.15) is 0 Å². The minimum Gasteiger partial charge on any atom is -0.397 e. The number of pyridine rings is 1. The van der Waals surface area contributed by atoms with Gasteiger partial charge < -0.3 is 16.8 Å². The van der Waals surface area contributed by atoms with E-state index < -0.39 is 0 Å². The first-order chi connectivity index (χ1) is 8.56. The highest BCUT2D eigenvalue weighted by Crippen LogP contribution is 2.26. The minimum atomic E-state index is -0.171. The summed E-state index contributed by atoms with van der Waals surface area (Å²) in [5.41, 5.74) is 12.7. The van der Waals surface area contributed by atoms with Crippen molar-refractivity contribution < 1.29 is 4.79 Å². The molecule has 0 radical (unpaired) electrons. The van der Waals surface area contributed by atoms with Crippen molar-refractivity contribution in [1.29, 1.82) is 0 Å². The summed E-state index contributed by atoms with van der Waals surface area (Å²) in [6.45, 7) is 1.99. The van der Waals surface area contributed by atoms with Gasteiger partial charge in [0.2, 0.25) is 5.91 Å². The fourth-order valence-electron chi connectivity index (χ4n) is 2.46. The van der Waals surface area contributed by atoms with E-state index >= 15 is 0 Å². The quantitative estimate of drug-likeness (QED) is 0.754. The number of nitrogen functional groups attached to an aromatic ring is 1. The summed E-state index contributed by atoms with van der Waals surface area (Å²) in [7, 11) is 0. The zero-order valence-electron chi connectivity index (χ0n) is 10.6. The number of anilines is 2. The summed E-state index contributed by atoms with van der Waals surface area (Å²) in [6.07, 6.45) is 5.30. The van der Waals surface area contributed by atoms with Gasteiger partial charge in [0.1, 0.15) is 5.82 Å². The maximum atomic E-state index is 11.1. The molecule has 2 rings (SSSR count). The molecule has 1 aliphatic carbocycles. The number of nitrogens with zero attached hydrogens (tertiary/aromatic N) is 1. The van der Waals surface area contributed by atoms with E-state index in [1.165, 1.54) is 0 Å². The number of hydrogen-bond acceptors (Lipinski definition) is 4. The molecule has 1 heterocycles. The number of amides is 1. The third-order valence-electron chi connectivity index (χ3n) is 3.57. The van der Waals surface area contributed by atoms with Crippen molar-refractivity contribution in [3.63, 3.8) is 0 Å². The van der Waals surface area contributed by atoms with Crippen molar-refractivity contribution in [3.05, 3.63) is 17.8 Å². The van der Waals surface area contributed by atoms with Gasteiger partial charge in [-0.25, -0.2) is 4.98 Å². The maximum Gasteiger partial charge on any atom is 0.220 e. The molecule has 1 aromatic rings. The predicted molar refractivity (Wildman–Crippen MR) is 71.9 cm³/mol. The van der Waals surface area contributed by atoms with Gasteiger partial charge in [0.15, 0.2) is 0 Å². The Kier molecular flexibility index (Phi) is 3.69. The van der Waals surface area contributed by atoms with Crippen molar-refractivity contribution in [2.75, 3.05) is 11.1 Å². The van der Waals surface area contributed by atoms with Crippen molar-refractivity contribution in [3.8, 4) is 0 Å². The van der Waals surface area contributed by atoms with Crippen LogP contribution in [0.3, 0.4) is 0 Å². The second kappa shape index (κ2) is 5.25. The van der Waals surface area contributed by atoms with Crippen LogP contribution < -0.4 is 16.8 Å². The monoisotopic (exact) mass is 248 g/mol. The highest BCUT2D eigenvalue weighted by molar-refractivity contribution is 5.76. The highest BCUT2D eigenvalue weighted by Gasteiger charge is 2.24. The van der Waals surface area contributed by atoms with Crippen molar-refractivity contribution in [2.45, 2.75) is 38.6 Å². The molecule has 5 heteroatoms. The lowest BCUT2D eigenvalue weighted by Crippen LogP contribution is -2.32. The lowest BCUT2D eigenvalue weighted by molar-refractivity contribution is -0.122. The number of nitrogens with two attached hydrogens (primary N) is 2. The Morgan fingerprint density at radius 2 is 2.06 bits per heavy atom. The van der Waals surface area contributed by atoms with Gasteiger partial charge >= 0.3 is 0 Å². The van der Waals surface area contributed by atoms with Crippen LogP contribution in [0, 0.1) is 12.8 Å². The van der Waals surface area contributed by atoms with Gasteiger partial charge in [-0.3, -0.25) is 4.79 Å². The molecule has 1 fully saturated rings. The average molecular weight is 248 g/mol.